The number of Topliss-reactive ketones (excluding diaryl/α,β-unsaturated/α-hetero) is 1. The van der Waals surface area contributed by atoms with E-state index in [9.17, 15) is 19.2 Å². The molecule has 2 fully saturated rings. The molecule has 2 heterocycles. The van der Waals surface area contributed by atoms with Crippen molar-refractivity contribution in [2.45, 2.75) is 83.0 Å². The van der Waals surface area contributed by atoms with Crippen LogP contribution < -0.4 is 20.7 Å². The Hall–Kier alpha value is -3.73. The number of benzene rings is 1. The highest BCUT2D eigenvalue weighted by Gasteiger charge is 2.50. The first-order chi connectivity index (χ1) is 19.1. The Labute approximate surface area is 233 Å². The summed E-state index contributed by atoms with van der Waals surface area (Å²) in [5, 5.41) is 11.9. The van der Waals surface area contributed by atoms with Gasteiger partial charge in [0.1, 0.15) is 23.4 Å². The number of hydrogen-bond donors (Lipinski definition) is 3. The first kappa shape index (κ1) is 29.3. The average Bonchev–Trinajstić information content (AvgIpc) is 3.28. The number of nitrogens with one attached hydrogen (secondary N) is 3. The summed E-state index contributed by atoms with van der Waals surface area (Å²) in [6.07, 6.45) is 4.97. The van der Waals surface area contributed by atoms with E-state index in [0.717, 1.165) is 31.2 Å². The molecular formula is C29H38N4O7. The second kappa shape index (κ2) is 12.6. The predicted octanol–water partition coefficient (Wildman–Crippen LogP) is 2.26. The summed E-state index contributed by atoms with van der Waals surface area (Å²) >= 11 is 0. The van der Waals surface area contributed by atoms with Crippen LogP contribution in [0.25, 0.3) is 0 Å². The van der Waals surface area contributed by atoms with E-state index in [1.807, 2.05) is 12.1 Å². The maximum Gasteiger partial charge on any atom is 0.290 e. The highest BCUT2D eigenvalue weighted by molar-refractivity contribution is 5.99. The number of carbonyl (C=O) groups excluding carboxylic acids is 4. The van der Waals surface area contributed by atoms with Crippen molar-refractivity contribution in [1.29, 1.82) is 0 Å². The number of hydrogen-bond acceptors (Lipinski definition) is 8. The van der Waals surface area contributed by atoms with E-state index >= 15 is 0 Å². The molecule has 11 heteroatoms. The Morgan fingerprint density at radius 1 is 1.05 bits per heavy atom. The third-order valence-corrected chi connectivity index (χ3v) is 7.60. The van der Waals surface area contributed by atoms with Crippen molar-refractivity contribution in [1.82, 2.24) is 21.1 Å². The topological polar surface area (TPSA) is 152 Å². The van der Waals surface area contributed by atoms with Gasteiger partial charge in [0.2, 0.25) is 17.6 Å². The minimum Gasteiger partial charge on any atom is -0.497 e. The summed E-state index contributed by atoms with van der Waals surface area (Å²) in [6, 6.07) is 5.93. The van der Waals surface area contributed by atoms with Crippen molar-refractivity contribution in [2.75, 3.05) is 13.7 Å². The number of aromatic nitrogens is 1. The molecule has 0 bridgehead atoms. The molecule has 1 aliphatic heterocycles. The van der Waals surface area contributed by atoms with E-state index in [2.05, 4.69) is 21.1 Å². The summed E-state index contributed by atoms with van der Waals surface area (Å²) in [7, 11) is 1.56. The molecule has 1 saturated carbocycles. The van der Waals surface area contributed by atoms with Crippen molar-refractivity contribution in [3.63, 3.8) is 0 Å². The molecule has 3 N–H and O–H groups in total. The number of rotatable bonds is 13. The fourth-order valence-electron chi connectivity index (χ4n) is 5.01. The molecule has 0 radical (unpaired) electrons. The first-order valence-corrected chi connectivity index (χ1v) is 13.7. The van der Waals surface area contributed by atoms with Crippen LogP contribution in [0.3, 0.4) is 0 Å². The lowest BCUT2D eigenvalue weighted by Gasteiger charge is -2.26. The van der Waals surface area contributed by atoms with Crippen molar-refractivity contribution >= 4 is 23.5 Å². The van der Waals surface area contributed by atoms with Gasteiger partial charge in [-0.25, -0.2) is 0 Å². The number of aryl methyl sites for hydroxylation is 1. The van der Waals surface area contributed by atoms with Crippen LogP contribution in [-0.2, 0) is 25.5 Å². The molecule has 2 aliphatic rings. The van der Waals surface area contributed by atoms with Gasteiger partial charge in [0.05, 0.1) is 25.5 Å². The van der Waals surface area contributed by atoms with Gasteiger partial charge in [-0.1, -0.05) is 43.0 Å². The van der Waals surface area contributed by atoms with E-state index in [4.69, 9.17) is 14.0 Å². The molecule has 4 rings (SSSR count). The normalized spacial score (nSPS) is 20.7. The lowest BCUT2D eigenvalue weighted by atomic mass is 9.90. The Bertz CT molecular complexity index is 1220. The molecule has 1 saturated heterocycles. The SMILES string of the molecule is COc1ccc(C[C@H](NC(=O)[C@@H](C)NC(=O)c2cc(C)no2)C(=O)N[C@@H](CC2CCCC2)C(=O)[C@@]2(C)CO2)cc1. The Kier molecular flexibility index (Phi) is 9.24. The highest BCUT2D eigenvalue weighted by atomic mass is 16.6. The van der Waals surface area contributed by atoms with Crippen LogP contribution in [-0.4, -0.2) is 66.1 Å². The number of carbonyl (C=O) groups is 4. The van der Waals surface area contributed by atoms with Crippen LogP contribution in [0, 0.1) is 12.8 Å². The van der Waals surface area contributed by atoms with Gasteiger partial charge in [-0.15, -0.1) is 0 Å². The lowest BCUT2D eigenvalue weighted by Crippen LogP contribution is -2.57. The van der Waals surface area contributed by atoms with Crippen LogP contribution >= 0.6 is 0 Å². The average molecular weight is 555 g/mol. The van der Waals surface area contributed by atoms with Gasteiger partial charge in [-0.2, -0.15) is 0 Å². The molecule has 1 aromatic heterocycles. The molecule has 0 unspecified atom stereocenters. The minimum absolute atomic E-state index is 0.0197. The molecule has 1 aliphatic carbocycles. The molecule has 40 heavy (non-hydrogen) atoms. The fraction of sp³-hybridized carbons (Fsp3) is 0.552. The summed E-state index contributed by atoms with van der Waals surface area (Å²) in [4.78, 5) is 52.5. The van der Waals surface area contributed by atoms with E-state index in [1.165, 1.54) is 13.0 Å². The Morgan fingerprint density at radius 2 is 1.70 bits per heavy atom. The van der Waals surface area contributed by atoms with Crippen molar-refractivity contribution in [2.24, 2.45) is 5.92 Å². The van der Waals surface area contributed by atoms with E-state index in [0.29, 0.717) is 30.4 Å². The number of nitrogens with zero attached hydrogens (tertiary/aromatic N) is 1. The molecule has 1 aromatic carbocycles. The maximum atomic E-state index is 13.7. The summed E-state index contributed by atoms with van der Waals surface area (Å²) in [5.74, 6) is -0.796. The zero-order chi connectivity index (χ0) is 28.9. The lowest BCUT2D eigenvalue weighted by molar-refractivity contribution is -0.133. The van der Waals surface area contributed by atoms with Crippen LogP contribution in [0.2, 0.25) is 0 Å². The minimum atomic E-state index is -1.00. The second-order valence-electron chi connectivity index (χ2n) is 11.0. The monoisotopic (exact) mass is 554 g/mol. The van der Waals surface area contributed by atoms with E-state index in [1.54, 1.807) is 33.1 Å². The highest BCUT2D eigenvalue weighted by Crippen LogP contribution is 2.33. The molecular weight excluding hydrogens is 516 g/mol. The maximum absolute atomic E-state index is 13.7. The molecule has 2 aromatic rings. The molecule has 11 nitrogen and oxygen atoms in total. The summed E-state index contributed by atoms with van der Waals surface area (Å²) in [5.41, 5.74) is 0.431. The van der Waals surface area contributed by atoms with Gasteiger partial charge in [0.15, 0.2) is 5.78 Å². The first-order valence-electron chi connectivity index (χ1n) is 13.7. The summed E-state index contributed by atoms with van der Waals surface area (Å²) in [6.45, 7) is 5.26. The van der Waals surface area contributed by atoms with Gasteiger partial charge >= 0.3 is 0 Å². The number of ketones is 1. The van der Waals surface area contributed by atoms with Crippen LogP contribution in [0.1, 0.15) is 67.8 Å². The second-order valence-corrected chi connectivity index (χ2v) is 11.0. The van der Waals surface area contributed by atoms with Crippen molar-refractivity contribution in [3.05, 3.63) is 47.3 Å². The van der Waals surface area contributed by atoms with Gasteiger partial charge in [-0.3, -0.25) is 19.2 Å². The number of epoxide rings is 1. The third-order valence-electron chi connectivity index (χ3n) is 7.60. The van der Waals surface area contributed by atoms with Crippen LogP contribution in [0.5, 0.6) is 5.75 Å². The van der Waals surface area contributed by atoms with Crippen molar-refractivity contribution in [3.8, 4) is 5.75 Å². The molecule has 0 spiro atoms. The van der Waals surface area contributed by atoms with Gasteiger partial charge in [0.25, 0.3) is 5.91 Å². The van der Waals surface area contributed by atoms with Crippen LogP contribution in [0.15, 0.2) is 34.9 Å². The number of ether oxygens (including phenoxy) is 2. The van der Waals surface area contributed by atoms with Gasteiger partial charge < -0.3 is 29.9 Å². The third kappa shape index (κ3) is 7.47. The Morgan fingerprint density at radius 3 is 2.27 bits per heavy atom. The van der Waals surface area contributed by atoms with Gasteiger partial charge in [-0.05, 0) is 50.8 Å². The van der Waals surface area contributed by atoms with Crippen LogP contribution in [0.4, 0.5) is 0 Å². The summed E-state index contributed by atoms with van der Waals surface area (Å²) < 4.78 is 15.6. The quantitative estimate of drug-likeness (QED) is 0.319. The Balaban J connectivity index is 1.48. The van der Waals surface area contributed by atoms with E-state index < -0.39 is 41.4 Å². The standard InChI is InChI=1S/C29H38N4O7/c1-17-13-24(40-33-17)28(37)30-18(2)26(35)32-23(15-20-9-11-21(38-4)12-10-20)27(36)31-22(14-19-7-5-6-8-19)25(34)29(3)16-39-29/h9-13,18-19,22-23H,5-8,14-16H2,1-4H3,(H,30,37)(H,31,36)(H,32,35)/t18-,22+,23+,29-/m1/s1. The smallest absolute Gasteiger partial charge is 0.290 e. The molecule has 216 valence electrons. The largest absolute Gasteiger partial charge is 0.497 e. The van der Waals surface area contributed by atoms with Gasteiger partial charge in [0, 0.05) is 12.5 Å². The number of amides is 3. The number of methoxy groups -OCH3 is 1. The fourth-order valence-corrected chi connectivity index (χ4v) is 5.01. The van der Waals surface area contributed by atoms with Crippen molar-refractivity contribution < 1.29 is 33.2 Å². The molecule has 3 amide bonds. The zero-order valence-electron chi connectivity index (χ0n) is 23.5. The molecule has 4 atom stereocenters. The predicted molar refractivity (Wildman–Crippen MR) is 145 cm³/mol. The zero-order valence-corrected chi connectivity index (χ0v) is 23.5. The van der Waals surface area contributed by atoms with E-state index in [-0.39, 0.29) is 18.0 Å².